The third kappa shape index (κ3) is 4.06. The molecule has 1 saturated heterocycles. The van der Waals surface area contributed by atoms with Gasteiger partial charge in [0.05, 0.1) is 6.42 Å². The van der Waals surface area contributed by atoms with Gasteiger partial charge in [-0.15, -0.1) is 0 Å². The minimum Gasteiger partial charge on any atom is -0.481 e. The van der Waals surface area contributed by atoms with Gasteiger partial charge in [0.15, 0.2) is 0 Å². The van der Waals surface area contributed by atoms with Crippen LogP contribution in [0.2, 0.25) is 0 Å². The summed E-state index contributed by atoms with van der Waals surface area (Å²) in [6.45, 7) is 7.69. The number of benzene rings is 1. The lowest BCUT2D eigenvalue weighted by Crippen LogP contribution is -2.39. The summed E-state index contributed by atoms with van der Waals surface area (Å²) in [4.78, 5) is 13.4. The van der Waals surface area contributed by atoms with E-state index in [-0.39, 0.29) is 6.42 Å². The molecule has 0 amide bonds. The molecule has 1 fully saturated rings. The Labute approximate surface area is 115 Å². The summed E-state index contributed by atoms with van der Waals surface area (Å²) in [6.07, 6.45) is 2.63. The van der Waals surface area contributed by atoms with Crippen molar-refractivity contribution >= 4 is 5.97 Å². The number of likely N-dealkylation sites (tertiary alicyclic amines) is 1. The van der Waals surface area contributed by atoms with E-state index in [1.807, 2.05) is 18.2 Å². The fourth-order valence-electron chi connectivity index (χ4n) is 2.97. The van der Waals surface area contributed by atoms with Crippen LogP contribution >= 0.6 is 0 Å². The monoisotopic (exact) mass is 261 g/mol. The maximum atomic E-state index is 10.9. The van der Waals surface area contributed by atoms with E-state index in [9.17, 15) is 4.79 Å². The lowest BCUT2D eigenvalue weighted by atomic mass is 9.84. The summed E-state index contributed by atoms with van der Waals surface area (Å²) < 4.78 is 0. The quantitative estimate of drug-likeness (QED) is 0.906. The molecule has 0 saturated carbocycles. The molecular weight excluding hydrogens is 238 g/mol. The molecule has 0 aromatic heterocycles. The first-order valence-corrected chi connectivity index (χ1v) is 6.97. The van der Waals surface area contributed by atoms with Gasteiger partial charge in [0.25, 0.3) is 0 Å². The van der Waals surface area contributed by atoms with Crippen LogP contribution in [0, 0.1) is 5.41 Å². The molecule has 19 heavy (non-hydrogen) atoms. The van der Waals surface area contributed by atoms with Gasteiger partial charge in [-0.05, 0) is 35.9 Å². The second-order valence-electron chi connectivity index (χ2n) is 6.32. The van der Waals surface area contributed by atoms with Crippen LogP contribution in [-0.4, -0.2) is 29.1 Å². The van der Waals surface area contributed by atoms with Crippen molar-refractivity contribution in [2.24, 2.45) is 5.41 Å². The molecule has 2 rings (SSSR count). The second-order valence-corrected chi connectivity index (χ2v) is 6.32. The molecule has 3 heteroatoms. The average Bonchev–Trinajstić information content (AvgIpc) is 2.30. The van der Waals surface area contributed by atoms with Crippen LogP contribution in [0.1, 0.15) is 37.8 Å². The largest absolute Gasteiger partial charge is 0.481 e. The van der Waals surface area contributed by atoms with Gasteiger partial charge in [0.1, 0.15) is 0 Å². The summed E-state index contributed by atoms with van der Waals surface area (Å²) in [5, 5.41) is 8.97. The number of hydrogen-bond donors (Lipinski definition) is 1. The van der Waals surface area contributed by atoms with Gasteiger partial charge in [-0.1, -0.05) is 38.1 Å². The molecule has 0 atom stereocenters. The van der Waals surface area contributed by atoms with E-state index in [1.54, 1.807) is 0 Å². The first kappa shape index (κ1) is 14.1. The number of carbonyl (C=O) groups is 1. The number of aliphatic carboxylic acids is 1. The first-order valence-electron chi connectivity index (χ1n) is 6.97. The second kappa shape index (κ2) is 5.74. The van der Waals surface area contributed by atoms with Crippen molar-refractivity contribution in [2.45, 2.75) is 39.7 Å². The van der Waals surface area contributed by atoms with Crippen molar-refractivity contribution in [3.63, 3.8) is 0 Å². The lowest BCUT2D eigenvalue weighted by Gasteiger charge is -2.38. The highest BCUT2D eigenvalue weighted by Gasteiger charge is 2.26. The fraction of sp³-hybridized carbons (Fsp3) is 0.562. The zero-order valence-electron chi connectivity index (χ0n) is 11.9. The van der Waals surface area contributed by atoms with Gasteiger partial charge in [-0.3, -0.25) is 9.69 Å². The fourth-order valence-corrected chi connectivity index (χ4v) is 2.97. The van der Waals surface area contributed by atoms with Crippen LogP contribution in [0.15, 0.2) is 24.3 Å². The number of rotatable bonds is 4. The SMILES string of the molecule is CC1(C)CCCN(Cc2ccccc2CC(=O)O)C1. The van der Waals surface area contributed by atoms with Gasteiger partial charge < -0.3 is 5.11 Å². The topological polar surface area (TPSA) is 40.5 Å². The van der Waals surface area contributed by atoms with E-state index in [4.69, 9.17) is 5.11 Å². The van der Waals surface area contributed by atoms with E-state index in [0.717, 1.165) is 30.8 Å². The van der Waals surface area contributed by atoms with Crippen molar-refractivity contribution in [1.29, 1.82) is 0 Å². The van der Waals surface area contributed by atoms with Gasteiger partial charge >= 0.3 is 5.97 Å². The van der Waals surface area contributed by atoms with Gasteiger partial charge in [-0.2, -0.15) is 0 Å². The molecule has 0 bridgehead atoms. The molecule has 1 aromatic carbocycles. The van der Waals surface area contributed by atoms with Crippen molar-refractivity contribution in [3.05, 3.63) is 35.4 Å². The van der Waals surface area contributed by atoms with Crippen molar-refractivity contribution in [3.8, 4) is 0 Å². The Morgan fingerprint density at radius 2 is 2.00 bits per heavy atom. The zero-order chi connectivity index (χ0) is 13.9. The van der Waals surface area contributed by atoms with Crippen LogP contribution in [-0.2, 0) is 17.8 Å². The maximum Gasteiger partial charge on any atom is 0.307 e. The highest BCUT2D eigenvalue weighted by Crippen LogP contribution is 2.29. The van der Waals surface area contributed by atoms with Gasteiger partial charge in [0.2, 0.25) is 0 Å². The van der Waals surface area contributed by atoms with Gasteiger partial charge in [-0.25, -0.2) is 0 Å². The summed E-state index contributed by atoms with van der Waals surface area (Å²) in [5.74, 6) is -0.758. The molecule has 1 aliphatic rings. The number of carboxylic acid groups (broad SMARTS) is 1. The average molecular weight is 261 g/mol. The molecule has 0 radical (unpaired) electrons. The minimum absolute atomic E-state index is 0.118. The normalized spacial score (nSPS) is 19.3. The Morgan fingerprint density at radius 1 is 1.32 bits per heavy atom. The zero-order valence-corrected chi connectivity index (χ0v) is 11.9. The summed E-state index contributed by atoms with van der Waals surface area (Å²) in [7, 11) is 0. The van der Waals surface area contributed by atoms with Crippen LogP contribution < -0.4 is 0 Å². The molecule has 1 aliphatic heterocycles. The highest BCUT2D eigenvalue weighted by atomic mass is 16.4. The predicted molar refractivity (Wildman–Crippen MR) is 76.1 cm³/mol. The Kier molecular flexibility index (Phi) is 4.25. The Hall–Kier alpha value is -1.35. The predicted octanol–water partition coefficient (Wildman–Crippen LogP) is 2.94. The molecule has 0 unspecified atom stereocenters. The standard InChI is InChI=1S/C16H23NO2/c1-16(2)8-5-9-17(12-16)11-14-7-4-3-6-13(14)10-15(18)19/h3-4,6-7H,5,8-12H2,1-2H3,(H,18,19). The number of carboxylic acids is 1. The molecule has 3 nitrogen and oxygen atoms in total. The molecule has 1 aromatic rings. The van der Waals surface area contributed by atoms with Crippen LogP contribution in [0.25, 0.3) is 0 Å². The van der Waals surface area contributed by atoms with Crippen molar-refractivity contribution in [2.75, 3.05) is 13.1 Å². The summed E-state index contributed by atoms with van der Waals surface area (Å²) >= 11 is 0. The summed E-state index contributed by atoms with van der Waals surface area (Å²) in [5.41, 5.74) is 2.47. The van der Waals surface area contributed by atoms with E-state index in [0.29, 0.717) is 5.41 Å². The first-order chi connectivity index (χ1) is 8.96. The maximum absolute atomic E-state index is 10.9. The van der Waals surface area contributed by atoms with Crippen LogP contribution in [0.3, 0.4) is 0 Å². The van der Waals surface area contributed by atoms with Crippen LogP contribution in [0.5, 0.6) is 0 Å². The van der Waals surface area contributed by atoms with E-state index < -0.39 is 5.97 Å². The van der Waals surface area contributed by atoms with Gasteiger partial charge in [0, 0.05) is 13.1 Å². The highest BCUT2D eigenvalue weighted by molar-refractivity contribution is 5.70. The molecule has 104 valence electrons. The molecular formula is C16H23NO2. The Balaban J connectivity index is 2.08. The van der Waals surface area contributed by atoms with Crippen molar-refractivity contribution in [1.82, 2.24) is 4.90 Å². The summed E-state index contributed by atoms with van der Waals surface area (Å²) in [6, 6.07) is 7.90. The molecule has 1 heterocycles. The molecule has 1 N–H and O–H groups in total. The lowest BCUT2D eigenvalue weighted by molar-refractivity contribution is -0.136. The Bertz CT molecular complexity index is 454. The number of nitrogens with zero attached hydrogens (tertiary/aromatic N) is 1. The van der Waals surface area contributed by atoms with E-state index >= 15 is 0 Å². The molecule has 0 spiro atoms. The van der Waals surface area contributed by atoms with Crippen molar-refractivity contribution < 1.29 is 9.90 Å². The van der Waals surface area contributed by atoms with E-state index in [1.165, 1.54) is 12.8 Å². The molecule has 0 aliphatic carbocycles. The third-order valence-corrected chi connectivity index (χ3v) is 3.83. The third-order valence-electron chi connectivity index (χ3n) is 3.83. The number of piperidine rings is 1. The smallest absolute Gasteiger partial charge is 0.307 e. The van der Waals surface area contributed by atoms with Crippen LogP contribution in [0.4, 0.5) is 0 Å². The van der Waals surface area contributed by atoms with E-state index in [2.05, 4.69) is 24.8 Å². The Morgan fingerprint density at radius 3 is 2.63 bits per heavy atom. The number of hydrogen-bond acceptors (Lipinski definition) is 2. The minimum atomic E-state index is -0.758.